The third-order valence-electron chi connectivity index (χ3n) is 7.20. The third kappa shape index (κ3) is 0.758. The van der Waals surface area contributed by atoms with Gasteiger partial charge in [-0.2, -0.15) is 0 Å². The van der Waals surface area contributed by atoms with Crippen molar-refractivity contribution >= 4 is 46.4 Å². The molecule has 5 fully saturated rings. The maximum atomic E-state index is 10.7. The van der Waals surface area contributed by atoms with Crippen molar-refractivity contribution < 1.29 is 19.7 Å². The molecule has 2 N–H and O–H groups in total. The predicted molar refractivity (Wildman–Crippen MR) is 77.1 cm³/mol. The van der Waals surface area contributed by atoms with Gasteiger partial charge in [0.2, 0.25) is 5.79 Å². The number of hydrogen-bond acceptors (Lipinski definition) is 4. The van der Waals surface area contributed by atoms with Crippen molar-refractivity contribution in [3.8, 4) is 0 Å². The van der Waals surface area contributed by atoms with E-state index in [1.807, 2.05) is 0 Å². The summed E-state index contributed by atoms with van der Waals surface area (Å²) in [5, 5.41) is 21.4. The first-order chi connectivity index (χ1) is 9.68. The van der Waals surface area contributed by atoms with E-state index in [4.69, 9.17) is 55.9 Å². The summed E-state index contributed by atoms with van der Waals surface area (Å²) >= 11 is 27.8. The lowest BCUT2D eigenvalue weighted by Gasteiger charge is -2.60. The van der Waals surface area contributed by atoms with E-state index in [0.717, 1.165) is 0 Å². The molecule has 21 heavy (non-hydrogen) atoms. The second-order valence-corrected chi connectivity index (χ2v) is 9.34. The maximum Gasteiger partial charge on any atom is 0.211 e. The second kappa shape index (κ2) is 3.23. The molecule has 0 radical (unpaired) electrons. The van der Waals surface area contributed by atoms with Gasteiger partial charge in [0.05, 0.1) is 22.0 Å². The van der Waals surface area contributed by atoms with Crippen LogP contribution in [0.5, 0.6) is 0 Å². The van der Waals surface area contributed by atoms with Crippen LogP contribution in [0.4, 0.5) is 0 Å². The topological polar surface area (TPSA) is 58.9 Å². The Balaban J connectivity index is 1.94. The number of halogens is 4. The molecule has 0 unspecified atom stereocenters. The van der Waals surface area contributed by atoms with Crippen LogP contribution in [-0.4, -0.2) is 61.9 Å². The van der Waals surface area contributed by atoms with E-state index in [1.54, 1.807) is 0 Å². The molecule has 118 valence electrons. The number of alkyl halides is 4. The van der Waals surface area contributed by atoms with Crippen LogP contribution in [0, 0.1) is 23.7 Å². The first-order valence-corrected chi connectivity index (χ1v) is 8.41. The highest BCUT2D eigenvalue weighted by molar-refractivity contribution is 6.51. The molecule has 10 atom stereocenters. The Labute approximate surface area is 141 Å². The summed E-state index contributed by atoms with van der Waals surface area (Å²) in [4.78, 5) is -4.90. The molecule has 8 heteroatoms. The van der Waals surface area contributed by atoms with Crippen molar-refractivity contribution in [2.24, 2.45) is 23.7 Å². The van der Waals surface area contributed by atoms with Crippen LogP contribution in [0.2, 0.25) is 0 Å². The lowest BCUT2D eigenvalue weighted by Crippen LogP contribution is -2.74. The van der Waals surface area contributed by atoms with Crippen LogP contribution >= 0.6 is 46.4 Å². The summed E-state index contributed by atoms with van der Waals surface area (Å²) < 4.78 is 11.3. The Bertz CT molecular complexity index is 541. The number of methoxy groups -OCH3 is 2. The van der Waals surface area contributed by atoms with Gasteiger partial charge >= 0.3 is 0 Å². The van der Waals surface area contributed by atoms with Crippen LogP contribution in [-0.2, 0) is 9.47 Å². The molecule has 0 aromatic heterocycles. The summed E-state index contributed by atoms with van der Waals surface area (Å²) in [6.45, 7) is 0. The average molecular weight is 376 g/mol. The minimum absolute atomic E-state index is 0.404. The van der Waals surface area contributed by atoms with Crippen LogP contribution in [0.1, 0.15) is 0 Å². The van der Waals surface area contributed by atoms with Gasteiger partial charge in [-0.1, -0.05) is 0 Å². The van der Waals surface area contributed by atoms with Crippen LogP contribution < -0.4 is 0 Å². The first kappa shape index (κ1) is 14.4. The smallest absolute Gasteiger partial charge is 0.211 e. The summed E-state index contributed by atoms with van der Waals surface area (Å²) in [7, 11) is 2.89. The summed E-state index contributed by atoms with van der Waals surface area (Å²) in [6, 6.07) is 0. The molecule has 5 rings (SSSR count). The summed E-state index contributed by atoms with van der Waals surface area (Å²) in [6.07, 6.45) is -1.53. The Hall–Kier alpha value is 1.00. The molecule has 0 spiro atoms. The van der Waals surface area contributed by atoms with Gasteiger partial charge in [0.15, 0.2) is 0 Å². The van der Waals surface area contributed by atoms with Crippen LogP contribution in [0.25, 0.3) is 0 Å². The monoisotopic (exact) mass is 374 g/mol. The van der Waals surface area contributed by atoms with Crippen molar-refractivity contribution in [2.45, 2.75) is 37.5 Å². The number of aliphatic hydroxyl groups is 2. The molecule has 0 aromatic carbocycles. The highest BCUT2D eigenvalue weighted by Crippen LogP contribution is 2.97. The normalized spacial score (nSPS) is 74.3. The minimum atomic E-state index is -1.45. The standard InChI is InChI=1S/C13H14Cl4O4/c1-20-13(21-2)11(16)5-6-8(19)4-3(7(5)18)9(11,14)10(4,15)12(6,13)17/h3-8,18-19H,1-2H3/t3-,4+,5-,6-,7-,8-,9+,10+,11-,12-/m0/s1. The van der Waals surface area contributed by atoms with Crippen molar-refractivity contribution in [1.82, 2.24) is 0 Å². The van der Waals surface area contributed by atoms with Gasteiger partial charge in [-0.3, -0.25) is 0 Å². The number of aliphatic hydroxyl groups excluding tert-OH is 2. The molecule has 0 amide bonds. The van der Waals surface area contributed by atoms with Gasteiger partial charge in [-0.25, -0.2) is 0 Å². The van der Waals surface area contributed by atoms with Gasteiger partial charge in [0.25, 0.3) is 0 Å². The third-order valence-corrected chi connectivity index (χ3v) is 10.8. The zero-order chi connectivity index (χ0) is 15.4. The molecule has 0 aromatic rings. The zero-order valence-electron chi connectivity index (χ0n) is 11.2. The molecule has 5 aliphatic rings. The molecule has 0 aliphatic heterocycles. The molecule has 5 aliphatic carbocycles. The molecular formula is C13H14Cl4O4. The van der Waals surface area contributed by atoms with Gasteiger partial charge in [0, 0.05) is 37.9 Å². The molecule has 5 saturated carbocycles. The van der Waals surface area contributed by atoms with E-state index in [2.05, 4.69) is 0 Å². The summed E-state index contributed by atoms with van der Waals surface area (Å²) in [5.74, 6) is -3.29. The largest absolute Gasteiger partial charge is 0.392 e. The Morgan fingerprint density at radius 1 is 0.667 bits per heavy atom. The lowest BCUT2D eigenvalue weighted by molar-refractivity contribution is -0.225. The Morgan fingerprint density at radius 3 is 1.24 bits per heavy atom. The Morgan fingerprint density at radius 2 is 0.952 bits per heavy atom. The predicted octanol–water partition coefficient (Wildman–Crippen LogP) is 1.14. The highest BCUT2D eigenvalue weighted by Gasteiger charge is 3.11. The highest BCUT2D eigenvalue weighted by atomic mass is 35.5. The van der Waals surface area contributed by atoms with Gasteiger partial charge in [-0.15, -0.1) is 46.4 Å². The first-order valence-electron chi connectivity index (χ1n) is 6.90. The molecular weight excluding hydrogens is 362 g/mol. The van der Waals surface area contributed by atoms with Gasteiger partial charge < -0.3 is 19.7 Å². The quantitative estimate of drug-likeness (QED) is 0.561. The molecule has 2 bridgehead atoms. The fraction of sp³-hybridized carbons (Fsp3) is 1.00. The van der Waals surface area contributed by atoms with Crippen LogP contribution in [0.15, 0.2) is 0 Å². The maximum absolute atomic E-state index is 10.7. The van der Waals surface area contributed by atoms with Crippen molar-refractivity contribution in [3.05, 3.63) is 0 Å². The van der Waals surface area contributed by atoms with Crippen molar-refractivity contribution in [3.63, 3.8) is 0 Å². The van der Waals surface area contributed by atoms with E-state index in [-0.39, 0.29) is 0 Å². The molecule has 4 nitrogen and oxygen atoms in total. The Kier molecular flexibility index (Phi) is 2.21. The molecule has 0 heterocycles. The zero-order valence-corrected chi connectivity index (χ0v) is 14.2. The van der Waals surface area contributed by atoms with E-state index in [9.17, 15) is 10.2 Å². The lowest BCUT2D eigenvalue weighted by atomic mass is 9.57. The molecule has 0 saturated heterocycles. The average Bonchev–Trinajstić information content (AvgIpc) is 2.73. The fourth-order valence-corrected chi connectivity index (χ4v) is 10.4. The van der Waals surface area contributed by atoms with Gasteiger partial charge in [0.1, 0.15) is 9.75 Å². The number of ether oxygens (including phenoxy) is 2. The van der Waals surface area contributed by atoms with E-state index in [0.29, 0.717) is 0 Å². The van der Waals surface area contributed by atoms with Gasteiger partial charge in [-0.05, 0) is 0 Å². The van der Waals surface area contributed by atoms with Crippen molar-refractivity contribution in [2.75, 3.05) is 14.2 Å². The fourth-order valence-electron chi connectivity index (χ4n) is 6.98. The summed E-state index contributed by atoms with van der Waals surface area (Å²) in [5.41, 5.74) is 0. The van der Waals surface area contributed by atoms with Crippen molar-refractivity contribution in [1.29, 1.82) is 0 Å². The number of hydrogen-bond donors (Lipinski definition) is 2. The van der Waals surface area contributed by atoms with E-state index >= 15 is 0 Å². The number of rotatable bonds is 2. The second-order valence-electron chi connectivity index (χ2n) is 6.96. The van der Waals surface area contributed by atoms with E-state index < -0.39 is 61.2 Å². The minimum Gasteiger partial charge on any atom is -0.392 e. The van der Waals surface area contributed by atoms with Crippen LogP contribution in [0.3, 0.4) is 0 Å². The SMILES string of the molecule is COC1(OC)[C@]2(Cl)[C@@H]3[C@@H](O)[C@@H]4[C@@H]5[C@H](O)[C@H]3[C@]1(Cl)[C@]5(Cl)[C@]42Cl. The number of fused-ring (bicyclic) bond motifs is 2. The van der Waals surface area contributed by atoms with E-state index in [1.165, 1.54) is 14.2 Å².